The smallest absolute Gasteiger partial charge is 0.191 e. The van der Waals surface area contributed by atoms with Gasteiger partial charge in [0.1, 0.15) is 17.9 Å². The summed E-state index contributed by atoms with van der Waals surface area (Å²) in [7, 11) is 3.39. The Balaban J connectivity index is 1.47. The number of benzene rings is 2. The number of hydrogen-bond acceptors (Lipinski definition) is 5. The fraction of sp³-hybridized carbons (Fsp3) is 0.318. The van der Waals surface area contributed by atoms with Crippen LogP contribution in [0.15, 0.2) is 59.9 Å². The Kier molecular flexibility index (Phi) is 7.65. The van der Waals surface area contributed by atoms with Gasteiger partial charge in [0.2, 0.25) is 0 Å². The SMILES string of the molecule is CCc1nncn1CCNC(=NC)NCc1ccc(Oc2ccccc2OC)cc1. The van der Waals surface area contributed by atoms with Crippen LogP contribution in [0.2, 0.25) is 0 Å². The van der Waals surface area contributed by atoms with E-state index in [9.17, 15) is 0 Å². The molecule has 0 atom stereocenters. The lowest BCUT2D eigenvalue weighted by atomic mass is 10.2. The second kappa shape index (κ2) is 10.8. The summed E-state index contributed by atoms with van der Waals surface area (Å²) in [5.41, 5.74) is 1.12. The second-order valence-corrected chi connectivity index (χ2v) is 6.54. The largest absolute Gasteiger partial charge is 0.493 e. The van der Waals surface area contributed by atoms with E-state index in [2.05, 4.69) is 32.7 Å². The summed E-state index contributed by atoms with van der Waals surface area (Å²) in [4.78, 5) is 4.27. The van der Waals surface area contributed by atoms with Gasteiger partial charge in [0.15, 0.2) is 17.5 Å². The van der Waals surface area contributed by atoms with Crippen LogP contribution in [0, 0.1) is 0 Å². The molecule has 0 unspecified atom stereocenters. The Labute approximate surface area is 177 Å². The summed E-state index contributed by atoms with van der Waals surface area (Å²) in [6, 6.07) is 15.5. The molecule has 8 nitrogen and oxygen atoms in total. The molecule has 30 heavy (non-hydrogen) atoms. The van der Waals surface area contributed by atoms with Gasteiger partial charge in [-0.15, -0.1) is 10.2 Å². The maximum atomic E-state index is 5.92. The predicted octanol–water partition coefficient (Wildman–Crippen LogP) is 3.01. The summed E-state index contributed by atoms with van der Waals surface area (Å²) in [5.74, 6) is 3.88. The van der Waals surface area contributed by atoms with Crippen LogP contribution in [0.4, 0.5) is 0 Å². The summed E-state index contributed by atoms with van der Waals surface area (Å²) in [5, 5.41) is 14.7. The van der Waals surface area contributed by atoms with Crippen LogP contribution in [0.5, 0.6) is 17.2 Å². The minimum Gasteiger partial charge on any atom is -0.493 e. The highest BCUT2D eigenvalue weighted by molar-refractivity contribution is 5.79. The van der Waals surface area contributed by atoms with Crippen LogP contribution >= 0.6 is 0 Å². The van der Waals surface area contributed by atoms with Crippen LogP contribution in [-0.4, -0.2) is 41.4 Å². The number of aryl methyl sites for hydroxylation is 1. The average Bonchev–Trinajstić information content (AvgIpc) is 3.25. The van der Waals surface area contributed by atoms with Crippen molar-refractivity contribution in [3.8, 4) is 17.2 Å². The van der Waals surface area contributed by atoms with Crippen molar-refractivity contribution >= 4 is 5.96 Å². The van der Waals surface area contributed by atoms with Crippen LogP contribution in [0.25, 0.3) is 0 Å². The quantitative estimate of drug-likeness (QED) is 0.418. The first-order valence-electron chi connectivity index (χ1n) is 9.94. The molecule has 8 heteroatoms. The summed E-state index contributed by atoms with van der Waals surface area (Å²) < 4.78 is 13.3. The number of ether oxygens (including phenoxy) is 2. The zero-order valence-corrected chi connectivity index (χ0v) is 17.6. The van der Waals surface area contributed by atoms with Crippen molar-refractivity contribution in [3.63, 3.8) is 0 Å². The third-order valence-electron chi connectivity index (χ3n) is 4.56. The molecule has 0 spiro atoms. The van der Waals surface area contributed by atoms with Crippen LogP contribution < -0.4 is 20.1 Å². The fourth-order valence-corrected chi connectivity index (χ4v) is 2.95. The summed E-state index contributed by atoms with van der Waals surface area (Å²) in [6.45, 7) is 4.24. The standard InChI is InChI=1S/C22H28N6O2/c1-4-21-27-26-16-28(21)14-13-24-22(23-2)25-15-17-9-11-18(12-10-17)30-20-8-6-5-7-19(20)29-3/h5-12,16H,4,13-15H2,1-3H3,(H2,23,24,25). The van der Waals surface area contributed by atoms with Crippen molar-refractivity contribution in [2.75, 3.05) is 20.7 Å². The highest BCUT2D eigenvalue weighted by Gasteiger charge is 2.05. The normalized spacial score (nSPS) is 11.2. The number of para-hydroxylation sites is 2. The number of nitrogens with one attached hydrogen (secondary N) is 2. The molecule has 0 aliphatic rings. The Bertz CT molecular complexity index is 952. The highest BCUT2D eigenvalue weighted by Crippen LogP contribution is 2.30. The minimum absolute atomic E-state index is 0.654. The molecular weight excluding hydrogens is 380 g/mol. The number of guanidine groups is 1. The van der Waals surface area contributed by atoms with E-state index >= 15 is 0 Å². The molecule has 1 heterocycles. The van der Waals surface area contributed by atoms with Crippen LogP contribution in [0.1, 0.15) is 18.3 Å². The van der Waals surface area contributed by atoms with Gasteiger partial charge in [-0.1, -0.05) is 31.2 Å². The molecule has 0 radical (unpaired) electrons. The fourth-order valence-electron chi connectivity index (χ4n) is 2.95. The monoisotopic (exact) mass is 408 g/mol. The van der Waals surface area contributed by atoms with Gasteiger partial charge in [0, 0.05) is 33.1 Å². The van der Waals surface area contributed by atoms with E-state index in [-0.39, 0.29) is 0 Å². The first-order chi connectivity index (χ1) is 14.7. The van der Waals surface area contributed by atoms with Gasteiger partial charge < -0.3 is 24.7 Å². The van der Waals surface area contributed by atoms with Crippen LogP contribution in [0.3, 0.4) is 0 Å². The van der Waals surface area contributed by atoms with Crippen molar-refractivity contribution in [2.45, 2.75) is 26.4 Å². The summed E-state index contributed by atoms with van der Waals surface area (Å²) >= 11 is 0. The number of methoxy groups -OCH3 is 1. The van der Waals surface area contributed by atoms with Crippen molar-refractivity contribution in [1.29, 1.82) is 0 Å². The Hall–Kier alpha value is -3.55. The highest BCUT2D eigenvalue weighted by atomic mass is 16.5. The predicted molar refractivity (Wildman–Crippen MR) is 117 cm³/mol. The molecule has 1 aromatic heterocycles. The topological polar surface area (TPSA) is 85.6 Å². The minimum atomic E-state index is 0.654. The van der Waals surface area contributed by atoms with Gasteiger partial charge in [-0.2, -0.15) is 0 Å². The number of aliphatic imine (C=N–C) groups is 1. The van der Waals surface area contributed by atoms with E-state index in [0.717, 1.165) is 42.6 Å². The van der Waals surface area contributed by atoms with E-state index < -0.39 is 0 Å². The lowest BCUT2D eigenvalue weighted by molar-refractivity contribution is 0.379. The van der Waals surface area contributed by atoms with E-state index in [0.29, 0.717) is 18.0 Å². The lowest BCUT2D eigenvalue weighted by Gasteiger charge is -2.13. The van der Waals surface area contributed by atoms with Gasteiger partial charge in [-0.05, 0) is 29.8 Å². The maximum absolute atomic E-state index is 5.92. The van der Waals surface area contributed by atoms with Crippen molar-refractivity contribution in [3.05, 3.63) is 66.2 Å². The molecule has 2 aromatic carbocycles. The van der Waals surface area contributed by atoms with Crippen molar-refractivity contribution in [1.82, 2.24) is 25.4 Å². The molecule has 2 N–H and O–H groups in total. The van der Waals surface area contributed by atoms with Gasteiger partial charge in [-0.3, -0.25) is 4.99 Å². The first kappa shape index (κ1) is 21.2. The molecule has 3 aromatic rings. The van der Waals surface area contributed by atoms with Gasteiger partial charge >= 0.3 is 0 Å². The zero-order chi connectivity index (χ0) is 21.2. The van der Waals surface area contributed by atoms with E-state index in [1.807, 2.05) is 53.1 Å². The first-order valence-corrected chi connectivity index (χ1v) is 9.94. The molecule has 0 aliphatic carbocycles. The Morgan fingerprint density at radius 2 is 1.83 bits per heavy atom. The second-order valence-electron chi connectivity index (χ2n) is 6.54. The molecule has 0 saturated heterocycles. The summed E-state index contributed by atoms with van der Waals surface area (Å²) in [6.07, 6.45) is 2.62. The molecule has 158 valence electrons. The van der Waals surface area contributed by atoms with E-state index in [1.54, 1.807) is 20.5 Å². The Morgan fingerprint density at radius 1 is 1.07 bits per heavy atom. The number of nitrogens with zero attached hydrogens (tertiary/aromatic N) is 4. The van der Waals surface area contributed by atoms with Crippen molar-refractivity contribution in [2.24, 2.45) is 4.99 Å². The molecule has 3 rings (SSSR count). The Morgan fingerprint density at radius 3 is 2.53 bits per heavy atom. The van der Waals surface area contributed by atoms with Gasteiger partial charge in [0.25, 0.3) is 0 Å². The maximum Gasteiger partial charge on any atom is 0.191 e. The zero-order valence-electron chi connectivity index (χ0n) is 17.6. The average molecular weight is 409 g/mol. The molecular formula is C22H28N6O2. The van der Waals surface area contributed by atoms with Gasteiger partial charge in [-0.25, -0.2) is 0 Å². The third-order valence-corrected chi connectivity index (χ3v) is 4.56. The van der Waals surface area contributed by atoms with E-state index in [4.69, 9.17) is 9.47 Å². The van der Waals surface area contributed by atoms with Crippen LogP contribution in [-0.2, 0) is 19.5 Å². The molecule has 0 bridgehead atoms. The third kappa shape index (κ3) is 5.73. The molecule has 0 aliphatic heterocycles. The van der Waals surface area contributed by atoms with Crippen molar-refractivity contribution < 1.29 is 9.47 Å². The number of rotatable bonds is 9. The molecule has 0 fully saturated rings. The van der Waals surface area contributed by atoms with Gasteiger partial charge in [0.05, 0.1) is 7.11 Å². The molecule has 0 amide bonds. The molecule has 0 saturated carbocycles. The number of aromatic nitrogens is 3. The lowest BCUT2D eigenvalue weighted by Crippen LogP contribution is -2.38. The van der Waals surface area contributed by atoms with E-state index in [1.165, 1.54) is 0 Å². The number of hydrogen-bond donors (Lipinski definition) is 2.